The van der Waals surface area contributed by atoms with E-state index < -0.39 is 22.2 Å². The molecule has 0 fully saturated rings. The molecule has 0 bridgehead atoms. The zero-order valence-corrected chi connectivity index (χ0v) is 16.7. The lowest BCUT2D eigenvalue weighted by Gasteiger charge is -2.11. The van der Waals surface area contributed by atoms with E-state index >= 15 is 0 Å². The summed E-state index contributed by atoms with van der Waals surface area (Å²) in [5.41, 5.74) is 2.84. The van der Waals surface area contributed by atoms with Crippen LogP contribution in [0.2, 0.25) is 0 Å². The maximum absolute atomic E-state index is 11.2. The Morgan fingerprint density at radius 3 is 2.46 bits per heavy atom. The van der Waals surface area contributed by atoms with Crippen LogP contribution in [0, 0.1) is 0 Å². The molecule has 0 radical (unpaired) electrons. The highest BCUT2D eigenvalue weighted by Gasteiger charge is 2.16. The number of aliphatic carboxylic acids is 1. The van der Waals surface area contributed by atoms with Crippen molar-refractivity contribution in [2.24, 2.45) is 0 Å². The Morgan fingerprint density at radius 2 is 1.86 bits per heavy atom. The first kappa shape index (κ1) is 21.7. The van der Waals surface area contributed by atoms with Crippen LogP contribution in [0.1, 0.15) is 17.5 Å². The number of methoxy groups -OCH3 is 1. The number of hydrogen-bond donors (Lipinski definition) is 2. The maximum Gasteiger partial charge on any atom is 0.333 e. The van der Waals surface area contributed by atoms with Crippen LogP contribution < -0.4 is 9.50 Å². The van der Waals surface area contributed by atoms with Crippen LogP contribution in [0.15, 0.2) is 48.5 Å². The molecule has 0 saturated heterocycles. The van der Waals surface area contributed by atoms with E-state index in [-0.39, 0.29) is 0 Å². The maximum atomic E-state index is 11.2. The minimum atomic E-state index is -3.53. The number of carbonyl (C=O) groups is 1. The van der Waals surface area contributed by atoms with Crippen molar-refractivity contribution in [2.45, 2.75) is 25.4 Å². The Hall–Kier alpha value is -2.58. The van der Waals surface area contributed by atoms with Crippen LogP contribution in [0.25, 0.3) is 0 Å². The smallest absolute Gasteiger partial charge is 0.333 e. The summed E-state index contributed by atoms with van der Waals surface area (Å²) in [5.74, 6) is -0.657. The van der Waals surface area contributed by atoms with Gasteiger partial charge in [-0.1, -0.05) is 24.3 Å². The zero-order chi connectivity index (χ0) is 20.6. The van der Waals surface area contributed by atoms with E-state index in [0.29, 0.717) is 12.2 Å². The lowest BCUT2D eigenvalue weighted by atomic mass is 10.1. The number of carboxylic acids is 1. The molecule has 1 atom stereocenters. The lowest BCUT2D eigenvalue weighted by molar-refractivity contribution is -0.148. The van der Waals surface area contributed by atoms with Gasteiger partial charge in [-0.15, -0.1) is 0 Å². The van der Waals surface area contributed by atoms with Gasteiger partial charge in [0.1, 0.15) is 5.75 Å². The highest BCUT2D eigenvalue weighted by Crippen LogP contribution is 2.17. The fraction of sp³-hybridized carbons (Fsp3) is 0.350. The molecule has 0 amide bonds. The molecule has 2 aromatic carbocycles. The van der Waals surface area contributed by atoms with Crippen molar-refractivity contribution in [1.29, 1.82) is 0 Å². The third kappa shape index (κ3) is 7.58. The Labute approximate surface area is 165 Å². The van der Waals surface area contributed by atoms with Crippen molar-refractivity contribution in [3.8, 4) is 5.75 Å². The molecule has 28 heavy (non-hydrogen) atoms. The van der Waals surface area contributed by atoms with Crippen molar-refractivity contribution in [3.05, 3.63) is 59.7 Å². The fourth-order valence-corrected chi connectivity index (χ4v) is 3.15. The molecule has 0 aliphatic heterocycles. The quantitative estimate of drug-likeness (QED) is 0.436. The number of aryl methyl sites for hydroxylation is 1. The summed E-state index contributed by atoms with van der Waals surface area (Å²) in [5, 5.41) is 12.3. The Balaban J connectivity index is 1.79. The molecular formula is C20H25NO6S. The van der Waals surface area contributed by atoms with E-state index in [2.05, 4.69) is 5.32 Å². The molecule has 0 spiro atoms. The van der Waals surface area contributed by atoms with Crippen molar-refractivity contribution in [3.63, 3.8) is 0 Å². The summed E-state index contributed by atoms with van der Waals surface area (Å²) in [4.78, 5) is 11.0. The molecule has 152 valence electrons. The summed E-state index contributed by atoms with van der Waals surface area (Å²) in [6.07, 6.45) is 2.13. The average molecular weight is 407 g/mol. The third-order valence-corrected chi connectivity index (χ3v) is 4.55. The molecule has 0 heterocycles. The van der Waals surface area contributed by atoms with E-state index in [0.717, 1.165) is 42.5 Å². The van der Waals surface area contributed by atoms with Crippen LogP contribution in [0.4, 0.5) is 5.69 Å². The molecule has 0 aliphatic carbocycles. The number of carboxylic acid groups (broad SMARTS) is 1. The molecule has 8 heteroatoms. The van der Waals surface area contributed by atoms with Crippen molar-refractivity contribution in [2.75, 3.05) is 25.2 Å². The Morgan fingerprint density at radius 1 is 1.14 bits per heavy atom. The number of benzene rings is 2. The molecule has 7 nitrogen and oxygen atoms in total. The number of hydrogen-bond acceptors (Lipinski definition) is 6. The second kappa shape index (κ2) is 10.1. The number of nitrogens with one attached hydrogen (secondary N) is 1. The summed E-state index contributed by atoms with van der Waals surface area (Å²) in [6.45, 7) is 0.742. The van der Waals surface area contributed by atoms with Crippen molar-refractivity contribution in [1.82, 2.24) is 0 Å². The zero-order valence-electron chi connectivity index (χ0n) is 15.9. The standard InChI is InChI=1S/C20H25NO6S/c1-26-19(20(22)23)14-16-8-10-17(11-9-16)21-12-4-6-15-5-3-7-18(13-15)27-28(2,24)25/h3,5,7-11,13,19,21H,4,6,12,14H2,1-2H3,(H,22,23). The number of rotatable bonds is 11. The van der Waals surface area contributed by atoms with Crippen LogP contribution in [-0.2, 0) is 32.5 Å². The SMILES string of the molecule is COC(Cc1ccc(NCCCc2cccc(OS(C)(=O)=O)c2)cc1)C(=O)O. The molecule has 2 N–H and O–H groups in total. The van der Waals surface area contributed by atoms with Gasteiger partial charge in [0.15, 0.2) is 6.10 Å². The Kier molecular flexibility index (Phi) is 7.83. The molecule has 0 saturated carbocycles. The van der Waals surface area contributed by atoms with Crippen LogP contribution in [0.3, 0.4) is 0 Å². The highest BCUT2D eigenvalue weighted by atomic mass is 32.2. The van der Waals surface area contributed by atoms with E-state index in [1.807, 2.05) is 30.3 Å². The van der Waals surface area contributed by atoms with E-state index in [4.69, 9.17) is 14.0 Å². The molecule has 0 aromatic heterocycles. The normalized spacial score (nSPS) is 12.4. The first-order chi connectivity index (χ1) is 13.3. The molecular weight excluding hydrogens is 382 g/mol. The van der Waals surface area contributed by atoms with Crippen molar-refractivity contribution >= 4 is 21.8 Å². The monoisotopic (exact) mass is 407 g/mol. The second-order valence-electron chi connectivity index (χ2n) is 6.43. The van der Waals surface area contributed by atoms with Crippen LogP contribution in [0.5, 0.6) is 5.75 Å². The predicted molar refractivity (Wildman–Crippen MR) is 107 cm³/mol. The second-order valence-corrected chi connectivity index (χ2v) is 8.00. The first-order valence-corrected chi connectivity index (χ1v) is 10.7. The van der Waals surface area contributed by atoms with Gasteiger partial charge >= 0.3 is 16.1 Å². The minimum absolute atomic E-state index is 0.317. The van der Waals surface area contributed by atoms with E-state index in [9.17, 15) is 13.2 Å². The molecule has 2 aromatic rings. The van der Waals surface area contributed by atoms with Crippen molar-refractivity contribution < 1.29 is 27.2 Å². The van der Waals surface area contributed by atoms with Gasteiger partial charge in [-0.3, -0.25) is 0 Å². The summed E-state index contributed by atoms with van der Waals surface area (Å²) >= 11 is 0. The van der Waals surface area contributed by atoms with Gasteiger partial charge in [-0.05, 0) is 48.2 Å². The van der Waals surface area contributed by atoms with Gasteiger partial charge in [0.2, 0.25) is 0 Å². The first-order valence-electron chi connectivity index (χ1n) is 8.83. The summed E-state index contributed by atoms with van der Waals surface area (Å²) < 4.78 is 32.2. The fourth-order valence-electron chi connectivity index (χ4n) is 2.70. The molecule has 2 rings (SSSR count). The van der Waals surface area contributed by atoms with E-state index in [1.54, 1.807) is 18.2 Å². The number of anilines is 1. The van der Waals surface area contributed by atoms with Crippen LogP contribution >= 0.6 is 0 Å². The van der Waals surface area contributed by atoms with Gasteiger partial charge in [0.25, 0.3) is 0 Å². The minimum Gasteiger partial charge on any atom is -0.479 e. The number of ether oxygens (including phenoxy) is 1. The Bertz CT molecular complexity index is 880. The lowest BCUT2D eigenvalue weighted by Crippen LogP contribution is -2.24. The largest absolute Gasteiger partial charge is 0.479 e. The average Bonchev–Trinajstić information content (AvgIpc) is 2.63. The van der Waals surface area contributed by atoms with Gasteiger partial charge < -0.3 is 19.3 Å². The molecule has 1 unspecified atom stereocenters. The summed E-state index contributed by atoms with van der Waals surface area (Å²) in [7, 11) is -2.14. The van der Waals surface area contributed by atoms with Gasteiger partial charge in [-0.2, -0.15) is 8.42 Å². The van der Waals surface area contributed by atoms with Gasteiger partial charge in [0, 0.05) is 25.8 Å². The van der Waals surface area contributed by atoms with E-state index in [1.165, 1.54) is 7.11 Å². The van der Waals surface area contributed by atoms with Crippen LogP contribution in [-0.4, -0.2) is 45.5 Å². The highest BCUT2D eigenvalue weighted by molar-refractivity contribution is 7.86. The predicted octanol–water partition coefficient (Wildman–Crippen LogP) is 2.71. The molecule has 0 aliphatic rings. The summed E-state index contributed by atoms with van der Waals surface area (Å²) in [6, 6.07) is 14.6. The third-order valence-electron chi connectivity index (χ3n) is 4.05. The van der Waals surface area contributed by atoms with Gasteiger partial charge in [0.05, 0.1) is 6.26 Å². The van der Waals surface area contributed by atoms with Gasteiger partial charge in [-0.25, -0.2) is 4.79 Å². The topological polar surface area (TPSA) is 102 Å².